The smallest absolute Gasteiger partial charge is 0.0426 e. The van der Waals surface area contributed by atoms with E-state index in [0.29, 0.717) is 0 Å². The second kappa shape index (κ2) is 8.29. The minimum Gasteiger partial charge on any atom is -0.398 e. The molecular formula is C33H42N2. The molecule has 0 bridgehead atoms. The molecule has 0 heterocycles. The Bertz CT molecular complexity index is 1370. The molecule has 1 aliphatic carbocycles. The first kappa shape index (κ1) is 25.1. The monoisotopic (exact) mass is 466 g/mol. The number of benzene rings is 3. The molecule has 184 valence electrons. The van der Waals surface area contributed by atoms with Crippen LogP contribution in [0.4, 0.5) is 11.4 Å². The molecule has 0 aromatic heterocycles. The normalized spacial score (nSPS) is 13.4. The first-order chi connectivity index (χ1) is 16.1. The number of anilines is 2. The Hall–Kier alpha value is -3.00. The Labute approximate surface area is 212 Å². The van der Waals surface area contributed by atoms with Crippen LogP contribution in [0.25, 0.3) is 28.3 Å². The molecule has 2 heteroatoms. The fourth-order valence-electron chi connectivity index (χ4n) is 5.63. The van der Waals surface area contributed by atoms with E-state index in [0.717, 1.165) is 40.0 Å². The lowest BCUT2D eigenvalue weighted by Gasteiger charge is -2.28. The number of nitrogens with two attached hydrogens (primary N) is 2. The molecule has 0 spiro atoms. The van der Waals surface area contributed by atoms with Gasteiger partial charge in [-0.3, -0.25) is 0 Å². The van der Waals surface area contributed by atoms with E-state index < -0.39 is 0 Å². The summed E-state index contributed by atoms with van der Waals surface area (Å²) in [6.07, 6.45) is 5.43. The van der Waals surface area contributed by atoms with Crippen molar-refractivity contribution in [1.82, 2.24) is 0 Å². The Morgan fingerprint density at radius 1 is 0.571 bits per heavy atom. The Kier molecular flexibility index (Phi) is 5.95. The topological polar surface area (TPSA) is 52.0 Å². The summed E-state index contributed by atoms with van der Waals surface area (Å²) in [6.45, 7) is 22.4. The lowest BCUT2D eigenvalue weighted by molar-refractivity contribution is 0.585. The zero-order valence-electron chi connectivity index (χ0n) is 23.3. The van der Waals surface area contributed by atoms with Crippen LogP contribution < -0.4 is 11.5 Å². The molecule has 4 rings (SSSR count). The lowest BCUT2D eigenvalue weighted by Crippen LogP contribution is -2.16. The van der Waals surface area contributed by atoms with E-state index in [1.165, 1.54) is 44.5 Å². The van der Waals surface area contributed by atoms with Gasteiger partial charge in [-0.15, -0.1) is 0 Å². The Balaban J connectivity index is 2.13. The number of hydrogen-bond donors (Lipinski definition) is 2. The minimum absolute atomic E-state index is 0.0208. The van der Waals surface area contributed by atoms with E-state index in [1.54, 1.807) is 0 Å². The van der Waals surface area contributed by atoms with Crippen molar-refractivity contribution in [3.63, 3.8) is 0 Å². The molecule has 0 saturated heterocycles. The number of nitrogen functional groups attached to an aromatic ring is 2. The predicted molar refractivity (Wildman–Crippen MR) is 155 cm³/mol. The van der Waals surface area contributed by atoms with Gasteiger partial charge in [0.2, 0.25) is 0 Å². The third kappa shape index (κ3) is 4.18. The first-order valence-electron chi connectivity index (χ1n) is 12.8. The fraction of sp³-hybridized carbons (Fsp3) is 0.394. The SMILES string of the molecule is Cc1c(C(C)(C)C)cc(-c2cc3c(cc2-c2cc(C(C)(C)C)c(C)c(C)c2N)CC=C3)c(N)c1C. The molecule has 3 aromatic rings. The van der Waals surface area contributed by atoms with Crippen molar-refractivity contribution < 1.29 is 0 Å². The van der Waals surface area contributed by atoms with E-state index in [2.05, 4.69) is 106 Å². The molecule has 0 fully saturated rings. The quantitative estimate of drug-likeness (QED) is 0.372. The first-order valence-corrected chi connectivity index (χ1v) is 12.8. The maximum absolute atomic E-state index is 6.86. The van der Waals surface area contributed by atoms with E-state index in [4.69, 9.17) is 11.5 Å². The van der Waals surface area contributed by atoms with Gasteiger partial charge in [0.05, 0.1) is 0 Å². The van der Waals surface area contributed by atoms with Crippen molar-refractivity contribution >= 4 is 17.5 Å². The molecule has 0 amide bonds. The van der Waals surface area contributed by atoms with Crippen LogP contribution in [0.15, 0.2) is 30.3 Å². The van der Waals surface area contributed by atoms with Gasteiger partial charge < -0.3 is 11.5 Å². The molecule has 0 saturated carbocycles. The molecule has 35 heavy (non-hydrogen) atoms. The number of allylic oxidation sites excluding steroid dienone is 1. The van der Waals surface area contributed by atoms with Crippen molar-refractivity contribution in [1.29, 1.82) is 0 Å². The van der Waals surface area contributed by atoms with Gasteiger partial charge >= 0.3 is 0 Å². The van der Waals surface area contributed by atoms with Gasteiger partial charge in [-0.05, 0) is 125 Å². The van der Waals surface area contributed by atoms with Crippen LogP contribution in [-0.2, 0) is 17.3 Å². The molecular weight excluding hydrogens is 424 g/mol. The van der Waals surface area contributed by atoms with Gasteiger partial charge in [-0.1, -0.05) is 53.7 Å². The summed E-state index contributed by atoms with van der Waals surface area (Å²) in [5.41, 5.74) is 30.2. The highest BCUT2D eigenvalue weighted by Gasteiger charge is 2.26. The van der Waals surface area contributed by atoms with Crippen molar-refractivity contribution in [2.75, 3.05) is 11.5 Å². The average Bonchev–Trinajstić information content (AvgIpc) is 3.21. The maximum atomic E-state index is 6.86. The highest BCUT2D eigenvalue weighted by molar-refractivity contribution is 5.96. The van der Waals surface area contributed by atoms with Gasteiger partial charge in [0.15, 0.2) is 0 Å². The van der Waals surface area contributed by atoms with Crippen molar-refractivity contribution in [3.8, 4) is 22.3 Å². The summed E-state index contributed by atoms with van der Waals surface area (Å²) in [6, 6.07) is 9.33. The van der Waals surface area contributed by atoms with Gasteiger partial charge in [0.25, 0.3) is 0 Å². The Morgan fingerprint density at radius 2 is 1.00 bits per heavy atom. The average molecular weight is 467 g/mol. The maximum Gasteiger partial charge on any atom is 0.0426 e. The van der Waals surface area contributed by atoms with Gasteiger partial charge in [-0.25, -0.2) is 0 Å². The number of fused-ring (bicyclic) bond motifs is 1. The fourth-order valence-corrected chi connectivity index (χ4v) is 5.63. The van der Waals surface area contributed by atoms with Crippen molar-refractivity contribution in [2.45, 2.75) is 86.5 Å². The molecule has 2 nitrogen and oxygen atoms in total. The van der Waals surface area contributed by atoms with Crippen LogP contribution in [0.3, 0.4) is 0 Å². The third-order valence-corrected chi connectivity index (χ3v) is 8.01. The molecule has 0 aliphatic heterocycles. The van der Waals surface area contributed by atoms with Crippen molar-refractivity contribution in [2.24, 2.45) is 0 Å². The summed E-state index contributed by atoms with van der Waals surface area (Å²) in [5.74, 6) is 0. The second-order valence-corrected chi connectivity index (χ2v) is 12.5. The molecule has 0 radical (unpaired) electrons. The summed E-state index contributed by atoms with van der Waals surface area (Å²) in [4.78, 5) is 0. The highest BCUT2D eigenvalue weighted by Crippen LogP contribution is 2.46. The summed E-state index contributed by atoms with van der Waals surface area (Å²) in [7, 11) is 0. The largest absolute Gasteiger partial charge is 0.398 e. The predicted octanol–water partition coefficient (Wildman–Crippen LogP) is 8.58. The van der Waals surface area contributed by atoms with Crippen LogP contribution >= 0.6 is 0 Å². The van der Waals surface area contributed by atoms with E-state index >= 15 is 0 Å². The Morgan fingerprint density at radius 3 is 1.43 bits per heavy atom. The van der Waals surface area contributed by atoms with Crippen LogP contribution in [0.1, 0.15) is 86.1 Å². The minimum atomic E-state index is 0.0208. The summed E-state index contributed by atoms with van der Waals surface area (Å²) in [5, 5.41) is 0. The number of hydrogen-bond acceptors (Lipinski definition) is 2. The van der Waals surface area contributed by atoms with Crippen LogP contribution in [-0.4, -0.2) is 0 Å². The van der Waals surface area contributed by atoms with E-state index in [-0.39, 0.29) is 10.8 Å². The highest BCUT2D eigenvalue weighted by atomic mass is 14.6. The summed E-state index contributed by atoms with van der Waals surface area (Å²) >= 11 is 0. The molecule has 1 aliphatic rings. The third-order valence-electron chi connectivity index (χ3n) is 8.01. The molecule has 0 unspecified atom stereocenters. The van der Waals surface area contributed by atoms with Gasteiger partial charge in [0.1, 0.15) is 0 Å². The van der Waals surface area contributed by atoms with Gasteiger partial charge in [-0.2, -0.15) is 0 Å². The molecule has 4 N–H and O–H groups in total. The lowest BCUT2D eigenvalue weighted by atomic mass is 9.77. The summed E-state index contributed by atoms with van der Waals surface area (Å²) < 4.78 is 0. The zero-order chi connectivity index (χ0) is 26.0. The number of rotatable bonds is 2. The molecule has 0 atom stereocenters. The van der Waals surface area contributed by atoms with E-state index in [1.807, 2.05) is 0 Å². The second-order valence-electron chi connectivity index (χ2n) is 12.5. The zero-order valence-corrected chi connectivity index (χ0v) is 23.3. The van der Waals surface area contributed by atoms with Crippen LogP contribution in [0.5, 0.6) is 0 Å². The van der Waals surface area contributed by atoms with Crippen LogP contribution in [0, 0.1) is 27.7 Å². The van der Waals surface area contributed by atoms with Crippen molar-refractivity contribution in [3.05, 3.63) is 74.8 Å². The van der Waals surface area contributed by atoms with Crippen LogP contribution in [0.2, 0.25) is 0 Å². The van der Waals surface area contributed by atoms with E-state index in [9.17, 15) is 0 Å². The molecule has 3 aromatic carbocycles. The standard InChI is InChI=1S/C33H42N2/c1-18-20(3)30(34)26(16-28(18)32(5,6)7)24-14-22-12-11-13-23(22)15-25(24)27-17-29(33(8,9)10)19(2)21(4)31(27)35/h11-12,14-17H,13,34-35H2,1-10H3. The van der Waals surface area contributed by atoms with Gasteiger partial charge in [0, 0.05) is 22.5 Å².